The quantitative estimate of drug-likeness (QED) is 0.816. The summed E-state index contributed by atoms with van der Waals surface area (Å²) in [5.74, 6) is 1.59. The Balaban J connectivity index is 2.10. The Morgan fingerprint density at radius 3 is 3.12 bits per heavy atom. The van der Waals surface area contributed by atoms with Gasteiger partial charge in [-0.1, -0.05) is 6.92 Å². The lowest BCUT2D eigenvalue weighted by atomic mass is 10.1. The lowest BCUT2D eigenvalue weighted by Gasteiger charge is -2.17. The molecule has 1 saturated heterocycles. The molecule has 0 amide bonds. The van der Waals surface area contributed by atoms with Gasteiger partial charge < -0.3 is 9.64 Å². The topological polar surface area (TPSA) is 46.1 Å². The largest absolute Gasteiger partial charge is 0.384 e. The van der Waals surface area contributed by atoms with Crippen LogP contribution in [0.5, 0.6) is 0 Å². The van der Waals surface area contributed by atoms with Gasteiger partial charge in [-0.15, -0.1) is 5.10 Å². The molecule has 1 aliphatic rings. The summed E-state index contributed by atoms with van der Waals surface area (Å²) in [6, 6.07) is 0. The Morgan fingerprint density at radius 2 is 2.41 bits per heavy atom. The van der Waals surface area contributed by atoms with Crippen molar-refractivity contribution in [1.82, 2.24) is 14.8 Å². The number of aromatic nitrogens is 3. The van der Waals surface area contributed by atoms with Gasteiger partial charge in [0.15, 0.2) is 4.77 Å². The molecule has 1 atom stereocenters. The predicted molar refractivity (Wildman–Crippen MR) is 69.9 cm³/mol. The smallest absolute Gasteiger partial charge is 0.225 e. The van der Waals surface area contributed by atoms with Crippen LogP contribution < -0.4 is 4.90 Å². The van der Waals surface area contributed by atoms with Gasteiger partial charge in [0, 0.05) is 32.7 Å². The van der Waals surface area contributed by atoms with Gasteiger partial charge >= 0.3 is 0 Å². The van der Waals surface area contributed by atoms with Crippen molar-refractivity contribution in [1.29, 1.82) is 0 Å². The van der Waals surface area contributed by atoms with Gasteiger partial charge in [-0.3, -0.25) is 4.57 Å². The van der Waals surface area contributed by atoms with Gasteiger partial charge in [0.1, 0.15) is 0 Å². The van der Waals surface area contributed by atoms with Crippen LogP contribution in [0.1, 0.15) is 19.8 Å². The van der Waals surface area contributed by atoms with Crippen LogP contribution in [0.15, 0.2) is 0 Å². The molecule has 2 heterocycles. The fourth-order valence-electron chi connectivity index (χ4n) is 2.36. The molecule has 0 aliphatic carbocycles. The maximum absolute atomic E-state index is 5.25. The minimum Gasteiger partial charge on any atom is -0.384 e. The Bertz CT molecular complexity index is 414. The number of nitrogens with zero attached hydrogens (tertiary/aromatic N) is 3. The molecule has 1 aliphatic heterocycles. The molecule has 6 heteroatoms. The number of rotatable bonds is 5. The van der Waals surface area contributed by atoms with E-state index in [1.54, 1.807) is 7.11 Å². The zero-order chi connectivity index (χ0) is 12.3. The second kappa shape index (κ2) is 5.64. The summed E-state index contributed by atoms with van der Waals surface area (Å²) in [5, 5.41) is 7.23. The van der Waals surface area contributed by atoms with Gasteiger partial charge in [-0.2, -0.15) is 0 Å². The lowest BCUT2D eigenvalue weighted by molar-refractivity contribution is 0.160. The highest BCUT2D eigenvalue weighted by Gasteiger charge is 2.25. The molecule has 1 aromatic heterocycles. The summed E-state index contributed by atoms with van der Waals surface area (Å²) in [5.41, 5.74) is 0. The van der Waals surface area contributed by atoms with Crippen LogP contribution in [-0.2, 0) is 11.3 Å². The first-order chi connectivity index (χ1) is 8.26. The molecule has 1 unspecified atom stereocenters. The van der Waals surface area contributed by atoms with Crippen LogP contribution in [0.2, 0.25) is 0 Å². The zero-order valence-corrected chi connectivity index (χ0v) is 11.3. The first-order valence-electron chi connectivity index (χ1n) is 6.15. The van der Waals surface area contributed by atoms with E-state index in [2.05, 4.69) is 26.6 Å². The molecular weight excluding hydrogens is 236 g/mol. The second-order valence-corrected chi connectivity index (χ2v) is 4.92. The number of H-pyrrole nitrogens is 1. The minimum atomic E-state index is 0.611. The maximum Gasteiger partial charge on any atom is 0.225 e. The standard InChI is InChI=1S/C11H20N4OS/c1-3-5-15-10(12-13-11(15)17)14-6-4-9(7-14)8-16-2/h9H,3-8H2,1-2H3,(H,13,17). The molecule has 0 spiro atoms. The molecule has 1 fully saturated rings. The van der Waals surface area contributed by atoms with Gasteiger partial charge in [0.25, 0.3) is 0 Å². The first-order valence-corrected chi connectivity index (χ1v) is 6.56. The molecule has 1 aromatic rings. The van der Waals surface area contributed by atoms with Crippen LogP contribution in [0.4, 0.5) is 5.95 Å². The van der Waals surface area contributed by atoms with Crippen molar-refractivity contribution in [2.24, 2.45) is 5.92 Å². The van der Waals surface area contributed by atoms with E-state index in [9.17, 15) is 0 Å². The highest BCUT2D eigenvalue weighted by molar-refractivity contribution is 7.71. The molecule has 0 saturated carbocycles. The molecule has 0 radical (unpaired) electrons. The Kier molecular flexibility index (Phi) is 4.17. The third kappa shape index (κ3) is 2.69. The fourth-order valence-corrected chi connectivity index (χ4v) is 2.58. The van der Waals surface area contributed by atoms with Crippen molar-refractivity contribution in [3.63, 3.8) is 0 Å². The lowest BCUT2D eigenvalue weighted by Crippen LogP contribution is -2.24. The summed E-state index contributed by atoms with van der Waals surface area (Å²) >= 11 is 5.25. The minimum absolute atomic E-state index is 0.611. The molecule has 0 aromatic carbocycles. The van der Waals surface area contributed by atoms with Crippen molar-refractivity contribution in [2.45, 2.75) is 26.3 Å². The van der Waals surface area contributed by atoms with E-state index in [4.69, 9.17) is 17.0 Å². The van der Waals surface area contributed by atoms with Gasteiger partial charge in [-0.05, 0) is 25.1 Å². The van der Waals surface area contributed by atoms with E-state index in [1.165, 1.54) is 6.42 Å². The third-order valence-corrected chi connectivity index (χ3v) is 3.47. The van der Waals surface area contributed by atoms with E-state index in [0.29, 0.717) is 5.92 Å². The second-order valence-electron chi connectivity index (χ2n) is 4.54. The Hall–Kier alpha value is -0.880. The maximum atomic E-state index is 5.25. The summed E-state index contributed by atoms with van der Waals surface area (Å²) in [6.45, 7) is 5.95. The van der Waals surface area contributed by atoms with Crippen molar-refractivity contribution in [2.75, 3.05) is 31.7 Å². The monoisotopic (exact) mass is 256 g/mol. The number of hydrogen-bond donors (Lipinski definition) is 1. The van der Waals surface area contributed by atoms with Gasteiger partial charge in [0.2, 0.25) is 5.95 Å². The van der Waals surface area contributed by atoms with Gasteiger partial charge in [-0.25, -0.2) is 5.10 Å². The molecule has 1 N–H and O–H groups in total. The van der Waals surface area contributed by atoms with E-state index < -0.39 is 0 Å². The highest BCUT2D eigenvalue weighted by Crippen LogP contribution is 2.22. The molecule has 5 nitrogen and oxygen atoms in total. The SMILES string of the molecule is CCCn1c(N2CCC(COC)C2)n[nH]c1=S. The average molecular weight is 256 g/mol. The normalized spacial score (nSPS) is 20.1. The Labute approximate surface area is 107 Å². The number of hydrogen-bond acceptors (Lipinski definition) is 4. The van der Waals surface area contributed by atoms with E-state index in [0.717, 1.165) is 43.4 Å². The van der Waals surface area contributed by atoms with Gasteiger partial charge in [0.05, 0.1) is 6.61 Å². The van der Waals surface area contributed by atoms with Crippen molar-refractivity contribution >= 4 is 18.2 Å². The number of methoxy groups -OCH3 is 1. The first kappa shape index (κ1) is 12.6. The van der Waals surface area contributed by atoms with Crippen LogP contribution in [0, 0.1) is 10.7 Å². The van der Waals surface area contributed by atoms with Crippen LogP contribution in [0.25, 0.3) is 0 Å². The molecule has 17 heavy (non-hydrogen) atoms. The summed E-state index contributed by atoms with van der Waals surface area (Å²) in [6.07, 6.45) is 2.23. The molecular formula is C11H20N4OS. The number of aromatic amines is 1. The summed E-state index contributed by atoms with van der Waals surface area (Å²) < 4.78 is 8.02. The number of ether oxygens (including phenoxy) is 1. The van der Waals surface area contributed by atoms with E-state index >= 15 is 0 Å². The van der Waals surface area contributed by atoms with Crippen LogP contribution in [0.3, 0.4) is 0 Å². The zero-order valence-electron chi connectivity index (χ0n) is 10.5. The van der Waals surface area contributed by atoms with Crippen molar-refractivity contribution in [3.8, 4) is 0 Å². The molecule has 96 valence electrons. The van der Waals surface area contributed by atoms with E-state index in [1.807, 2.05) is 0 Å². The summed E-state index contributed by atoms with van der Waals surface area (Å²) in [7, 11) is 1.76. The third-order valence-electron chi connectivity index (χ3n) is 3.16. The molecule has 2 rings (SSSR count). The van der Waals surface area contributed by atoms with Crippen molar-refractivity contribution < 1.29 is 4.74 Å². The van der Waals surface area contributed by atoms with Crippen molar-refractivity contribution in [3.05, 3.63) is 4.77 Å². The number of nitrogens with one attached hydrogen (secondary N) is 1. The predicted octanol–water partition coefficient (Wildman–Crippen LogP) is 1.82. The number of anilines is 1. The average Bonchev–Trinajstić information content (AvgIpc) is 2.89. The fraction of sp³-hybridized carbons (Fsp3) is 0.818. The van der Waals surface area contributed by atoms with Crippen LogP contribution in [-0.4, -0.2) is 41.6 Å². The highest BCUT2D eigenvalue weighted by atomic mass is 32.1. The Morgan fingerprint density at radius 1 is 1.59 bits per heavy atom. The molecule has 0 bridgehead atoms. The van der Waals surface area contributed by atoms with E-state index in [-0.39, 0.29) is 0 Å². The van der Waals surface area contributed by atoms with Crippen LogP contribution >= 0.6 is 12.2 Å². The summed E-state index contributed by atoms with van der Waals surface area (Å²) in [4.78, 5) is 2.30.